The highest BCUT2D eigenvalue weighted by Crippen LogP contribution is 2.30. The lowest BCUT2D eigenvalue weighted by Crippen LogP contribution is -2.51. The summed E-state index contributed by atoms with van der Waals surface area (Å²) in [6, 6.07) is 8.57. The monoisotopic (exact) mass is 532 g/mol. The van der Waals surface area contributed by atoms with Crippen molar-refractivity contribution in [3.05, 3.63) is 58.6 Å². The molecule has 0 saturated heterocycles. The van der Waals surface area contributed by atoms with E-state index in [0.29, 0.717) is 21.8 Å². The number of amides is 4. The Morgan fingerprint density at radius 2 is 1.78 bits per heavy atom. The molecule has 0 aromatic heterocycles. The zero-order chi connectivity index (χ0) is 27.9. The molecule has 2 unspecified atom stereocenters. The molecule has 2 atom stereocenters. The second-order valence-corrected chi connectivity index (χ2v) is 9.98. The lowest BCUT2D eigenvalue weighted by Gasteiger charge is -2.32. The van der Waals surface area contributed by atoms with E-state index in [2.05, 4.69) is 10.6 Å². The molecule has 11 heteroatoms. The Labute approximate surface area is 221 Å². The van der Waals surface area contributed by atoms with Crippen LogP contribution in [0.2, 0.25) is 5.02 Å². The van der Waals surface area contributed by atoms with E-state index in [1.54, 1.807) is 52.0 Å². The molecule has 37 heavy (non-hydrogen) atoms. The number of aryl methyl sites for hydroxylation is 1. The summed E-state index contributed by atoms with van der Waals surface area (Å²) in [5, 5.41) is 15.6. The number of primary amides is 1. The highest BCUT2D eigenvalue weighted by atomic mass is 35.5. The number of aromatic hydroxyl groups is 1. The number of nitrogens with one attached hydrogen (secondary N) is 2. The molecule has 0 spiro atoms. The van der Waals surface area contributed by atoms with Gasteiger partial charge in [0.25, 0.3) is 5.91 Å². The van der Waals surface area contributed by atoms with Crippen molar-refractivity contribution in [1.82, 2.24) is 10.2 Å². The fraction of sp³-hybridized carbons (Fsp3) is 0.385. The van der Waals surface area contributed by atoms with Gasteiger partial charge >= 0.3 is 6.09 Å². The van der Waals surface area contributed by atoms with Crippen LogP contribution in [0.3, 0.4) is 0 Å². The van der Waals surface area contributed by atoms with E-state index >= 15 is 0 Å². The van der Waals surface area contributed by atoms with Gasteiger partial charge in [-0.3, -0.25) is 14.4 Å². The number of alkyl carbamates (subject to hydrolysis) is 1. The summed E-state index contributed by atoms with van der Waals surface area (Å²) >= 11 is 6.28. The third kappa shape index (κ3) is 8.68. The molecule has 0 heterocycles. The van der Waals surface area contributed by atoms with Gasteiger partial charge in [0.1, 0.15) is 23.4 Å². The number of rotatable bonds is 9. The molecule has 0 aliphatic rings. The van der Waals surface area contributed by atoms with Crippen molar-refractivity contribution in [1.29, 1.82) is 0 Å². The van der Waals surface area contributed by atoms with Gasteiger partial charge in [-0.05, 0) is 63.4 Å². The summed E-state index contributed by atoms with van der Waals surface area (Å²) in [5.41, 5.74) is 5.82. The number of ether oxygens (including phenoxy) is 1. The molecule has 0 saturated carbocycles. The number of carbonyl (C=O) groups is 4. The number of likely N-dealkylation sites (N-methyl/N-ethyl adjacent to an activating group) is 1. The fourth-order valence-electron chi connectivity index (χ4n) is 3.59. The summed E-state index contributed by atoms with van der Waals surface area (Å²) in [6.07, 6.45) is -1.17. The lowest BCUT2D eigenvalue weighted by molar-refractivity contribution is -0.139. The largest absolute Gasteiger partial charge is 0.508 e. The molecule has 2 rings (SSSR count). The number of hydrogen-bond acceptors (Lipinski definition) is 6. The average molecular weight is 533 g/mol. The van der Waals surface area contributed by atoms with Gasteiger partial charge in [-0.2, -0.15) is 0 Å². The number of phenolic OH excluding ortho intramolecular Hbond substituents is 1. The molecular weight excluding hydrogens is 500 g/mol. The quantitative estimate of drug-likeness (QED) is 0.387. The lowest BCUT2D eigenvalue weighted by atomic mass is 10.0. The number of para-hydroxylation sites is 1. The maximum absolute atomic E-state index is 13.6. The Morgan fingerprint density at radius 1 is 1.14 bits per heavy atom. The van der Waals surface area contributed by atoms with Crippen LogP contribution < -0.4 is 16.4 Å². The van der Waals surface area contributed by atoms with Crippen molar-refractivity contribution in [3.8, 4) is 5.75 Å². The van der Waals surface area contributed by atoms with Crippen LogP contribution >= 0.6 is 11.6 Å². The van der Waals surface area contributed by atoms with E-state index < -0.39 is 41.5 Å². The van der Waals surface area contributed by atoms with Crippen LogP contribution in [0.15, 0.2) is 42.5 Å². The number of benzene rings is 2. The zero-order valence-electron chi connectivity index (χ0n) is 21.5. The molecule has 5 N–H and O–H groups in total. The molecule has 0 aliphatic heterocycles. The normalized spacial score (nSPS) is 12.7. The maximum atomic E-state index is 13.6. The van der Waals surface area contributed by atoms with Crippen molar-refractivity contribution in [2.24, 2.45) is 5.73 Å². The van der Waals surface area contributed by atoms with Crippen LogP contribution in [-0.4, -0.2) is 52.5 Å². The van der Waals surface area contributed by atoms with E-state index in [1.165, 1.54) is 25.2 Å². The van der Waals surface area contributed by atoms with Gasteiger partial charge in [0.05, 0.1) is 10.7 Å². The Hall–Kier alpha value is -3.79. The molecule has 0 fully saturated rings. The van der Waals surface area contributed by atoms with Crippen molar-refractivity contribution < 1.29 is 29.0 Å². The Morgan fingerprint density at radius 3 is 2.35 bits per heavy atom. The number of nitrogens with zero attached hydrogens (tertiary/aromatic N) is 1. The average Bonchev–Trinajstić information content (AvgIpc) is 2.77. The Bertz CT molecular complexity index is 1140. The van der Waals surface area contributed by atoms with Gasteiger partial charge in [-0.25, -0.2) is 4.79 Å². The summed E-state index contributed by atoms with van der Waals surface area (Å²) in [5.74, 6) is -2.06. The SMILES string of the molecule is Cc1cccc(Cl)c1NC(=O)C(c1cccc(O)c1)N(C)C(=O)C(CCC(N)=O)NC(=O)OC(C)(C)C. The fourth-order valence-corrected chi connectivity index (χ4v) is 3.86. The Kier molecular flexibility index (Phi) is 9.90. The van der Waals surface area contributed by atoms with Crippen molar-refractivity contribution >= 4 is 41.1 Å². The van der Waals surface area contributed by atoms with Crippen LogP contribution in [0.4, 0.5) is 10.5 Å². The number of nitrogens with two attached hydrogens (primary N) is 1. The Balaban J connectivity index is 2.43. The van der Waals surface area contributed by atoms with Gasteiger partial charge in [0.2, 0.25) is 11.8 Å². The first-order valence-electron chi connectivity index (χ1n) is 11.6. The van der Waals surface area contributed by atoms with Gasteiger partial charge in [-0.1, -0.05) is 35.9 Å². The standard InChI is InChI=1S/C26H33ClN4O6/c1-15-8-6-11-18(27)21(15)30-23(34)22(16-9-7-10-17(32)14-16)31(5)24(35)19(12-13-20(28)33)29-25(36)37-26(2,3)4/h6-11,14,19,22,32H,12-13H2,1-5H3,(H2,28,33)(H,29,36)(H,30,34). The number of phenols is 1. The summed E-state index contributed by atoms with van der Waals surface area (Å²) in [4.78, 5) is 52.1. The number of carbonyl (C=O) groups excluding carboxylic acids is 4. The molecule has 0 radical (unpaired) electrons. The minimum Gasteiger partial charge on any atom is -0.508 e. The second kappa shape index (κ2) is 12.4. The van der Waals surface area contributed by atoms with Crippen LogP contribution in [0.25, 0.3) is 0 Å². The molecule has 0 bridgehead atoms. The molecular formula is C26H33ClN4O6. The molecule has 2 aromatic rings. The van der Waals surface area contributed by atoms with Gasteiger partial charge < -0.3 is 31.1 Å². The predicted molar refractivity (Wildman–Crippen MR) is 140 cm³/mol. The smallest absolute Gasteiger partial charge is 0.408 e. The second-order valence-electron chi connectivity index (χ2n) is 9.57. The summed E-state index contributed by atoms with van der Waals surface area (Å²) in [6.45, 7) is 6.76. The van der Waals surface area contributed by atoms with Crippen LogP contribution in [-0.2, 0) is 19.1 Å². The van der Waals surface area contributed by atoms with Crippen molar-refractivity contribution in [2.45, 2.75) is 58.2 Å². The maximum Gasteiger partial charge on any atom is 0.408 e. The minimum absolute atomic E-state index is 0.109. The molecule has 200 valence electrons. The first kappa shape index (κ1) is 29.4. The highest BCUT2D eigenvalue weighted by Gasteiger charge is 2.34. The van der Waals surface area contributed by atoms with Crippen LogP contribution in [0.5, 0.6) is 5.75 Å². The first-order chi connectivity index (χ1) is 17.2. The van der Waals surface area contributed by atoms with Gasteiger partial charge in [0, 0.05) is 13.5 Å². The highest BCUT2D eigenvalue weighted by molar-refractivity contribution is 6.34. The van der Waals surface area contributed by atoms with E-state index in [-0.39, 0.29) is 18.6 Å². The van der Waals surface area contributed by atoms with E-state index in [4.69, 9.17) is 22.1 Å². The third-order valence-corrected chi connectivity index (χ3v) is 5.62. The first-order valence-corrected chi connectivity index (χ1v) is 12.0. The third-order valence-electron chi connectivity index (χ3n) is 5.31. The zero-order valence-corrected chi connectivity index (χ0v) is 22.3. The van der Waals surface area contributed by atoms with Gasteiger partial charge in [0.15, 0.2) is 0 Å². The summed E-state index contributed by atoms with van der Waals surface area (Å²) in [7, 11) is 1.38. The molecule has 2 aromatic carbocycles. The van der Waals surface area contributed by atoms with Crippen LogP contribution in [0.1, 0.15) is 50.8 Å². The number of hydrogen-bond donors (Lipinski definition) is 4. The minimum atomic E-state index is -1.23. The summed E-state index contributed by atoms with van der Waals surface area (Å²) < 4.78 is 5.25. The van der Waals surface area contributed by atoms with Crippen molar-refractivity contribution in [3.63, 3.8) is 0 Å². The van der Waals surface area contributed by atoms with Crippen molar-refractivity contribution in [2.75, 3.05) is 12.4 Å². The van der Waals surface area contributed by atoms with E-state index in [9.17, 15) is 24.3 Å². The van der Waals surface area contributed by atoms with E-state index in [1.807, 2.05) is 0 Å². The van der Waals surface area contributed by atoms with Crippen LogP contribution in [0, 0.1) is 6.92 Å². The van der Waals surface area contributed by atoms with E-state index in [0.717, 1.165) is 4.90 Å². The molecule has 4 amide bonds. The molecule has 10 nitrogen and oxygen atoms in total. The topological polar surface area (TPSA) is 151 Å². The number of anilines is 1. The number of halogens is 1. The van der Waals surface area contributed by atoms with Gasteiger partial charge in [-0.15, -0.1) is 0 Å². The molecule has 0 aliphatic carbocycles. The predicted octanol–water partition coefficient (Wildman–Crippen LogP) is 3.65.